The van der Waals surface area contributed by atoms with Crippen LogP contribution in [0.2, 0.25) is 0 Å². The topological polar surface area (TPSA) is 57.6 Å². The normalized spacial score (nSPS) is 11.3. The van der Waals surface area contributed by atoms with Crippen LogP contribution in [0.3, 0.4) is 0 Å². The van der Waals surface area contributed by atoms with Crippen molar-refractivity contribution in [3.63, 3.8) is 0 Å². The lowest BCUT2D eigenvalue weighted by atomic mass is 10.0. The van der Waals surface area contributed by atoms with Gasteiger partial charge in [-0.25, -0.2) is 4.79 Å². The Morgan fingerprint density at radius 1 is 1.29 bits per heavy atom. The SMILES string of the molecule is Cc1cc(SCC(=O)N(C)C(C)(C)C(=O)O)c(C)cc1Br. The Kier molecular flexibility index (Phi) is 5.87. The molecule has 0 spiro atoms. The van der Waals surface area contributed by atoms with Crippen LogP contribution >= 0.6 is 27.7 Å². The van der Waals surface area contributed by atoms with Gasteiger partial charge < -0.3 is 10.0 Å². The van der Waals surface area contributed by atoms with E-state index in [1.165, 1.54) is 37.6 Å². The number of hydrogen-bond acceptors (Lipinski definition) is 3. The molecule has 21 heavy (non-hydrogen) atoms. The molecule has 0 saturated heterocycles. The molecule has 0 aliphatic rings. The van der Waals surface area contributed by atoms with Crippen molar-refractivity contribution >= 4 is 39.6 Å². The molecule has 1 amide bonds. The molecule has 116 valence electrons. The molecule has 0 atom stereocenters. The Bertz CT molecular complexity index is 572. The second-order valence-corrected chi connectivity index (χ2v) is 7.34. The van der Waals surface area contributed by atoms with E-state index in [2.05, 4.69) is 15.9 Å². The first-order valence-corrected chi connectivity index (χ1v) is 8.24. The van der Waals surface area contributed by atoms with Gasteiger partial charge >= 0.3 is 5.97 Å². The van der Waals surface area contributed by atoms with Crippen molar-refractivity contribution in [2.24, 2.45) is 0 Å². The standard InChI is InChI=1S/C15H20BrNO3S/c1-9-7-12(10(2)6-11(9)16)21-8-13(18)17(5)15(3,4)14(19)20/h6-7H,8H2,1-5H3,(H,19,20). The average molecular weight is 374 g/mol. The lowest BCUT2D eigenvalue weighted by Crippen LogP contribution is -2.51. The minimum absolute atomic E-state index is 0.202. The third kappa shape index (κ3) is 4.23. The van der Waals surface area contributed by atoms with Crippen LogP contribution in [0.15, 0.2) is 21.5 Å². The Balaban J connectivity index is 2.78. The van der Waals surface area contributed by atoms with Crippen LogP contribution in [0.1, 0.15) is 25.0 Å². The first kappa shape index (κ1) is 18.0. The van der Waals surface area contributed by atoms with Crippen molar-refractivity contribution in [1.82, 2.24) is 4.90 Å². The molecule has 0 bridgehead atoms. The first-order chi connectivity index (χ1) is 9.57. The van der Waals surface area contributed by atoms with E-state index < -0.39 is 11.5 Å². The Morgan fingerprint density at radius 3 is 2.38 bits per heavy atom. The first-order valence-electron chi connectivity index (χ1n) is 6.47. The average Bonchev–Trinajstić information content (AvgIpc) is 2.39. The molecule has 4 nitrogen and oxygen atoms in total. The molecule has 0 aliphatic heterocycles. The minimum Gasteiger partial charge on any atom is -0.480 e. The number of amides is 1. The second kappa shape index (κ2) is 6.83. The maximum absolute atomic E-state index is 12.2. The molecule has 6 heteroatoms. The maximum Gasteiger partial charge on any atom is 0.329 e. The summed E-state index contributed by atoms with van der Waals surface area (Å²) in [6.45, 7) is 7.02. The third-order valence-electron chi connectivity index (χ3n) is 3.54. The number of carbonyl (C=O) groups excluding carboxylic acids is 1. The molecule has 0 aliphatic carbocycles. The lowest BCUT2D eigenvalue weighted by molar-refractivity contribution is -0.154. The van der Waals surface area contributed by atoms with E-state index in [0.717, 1.165) is 20.5 Å². The van der Waals surface area contributed by atoms with E-state index in [4.69, 9.17) is 5.11 Å². The Labute approximate surface area is 138 Å². The van der Waals surface area contributed by atoms with E-state index in [0.29, 0.717) is 0 Å². The minimum atomic E-state index is -1.21. The van der Waals surface area contributed by atoms with Crippen molar-refractivity contribution in [3.8, 4) is 0 Å². The highest BCUT2D eigenvalue weighted by Crippen LogP contribution is 2.29. The van der Waals surface area contributed by atoms with Crippen molar-refractivity contribution in [1.29, 1.82) is 0 Å². The van der Waals surface area contributed by atoms with E-state index in [1.807, 2.05) is 26.0 Å². The zero-order chi connectivity index (χ0) is 16.4. The van der Waals surface area contributed by atoms with Crippen LogP contribution in [0.5, 0.6) is 0 Å². The fourth-order valence-electron chi connectivity index (χ4n) is 1.60. The quantitative estimate of drug-likeness (QED) is 0.802. The van der Waals surface area contributed by atoms with Gasteiger partial charge in [-0.2, -0.15) is 0 Å². The number of carboxylic acids is 1. The number of rotatable bonds is 5. The third-order valence-corrected chi connectivity index (χ3v) is 5.54. The van der Waals surface area contributed by atoms with Gasteiger partial charge in [-0.1, -0.05) is 15.9 Å². The number of thioether (sulfide) groups is 1. The van der Waals surface area contributed by atoms with Gasteiger partial charge in [-0.05, 0) is 51.0 Å². The second-order valence-electron chi connectivity index (χ2n) is 5.47. The summed E-state index contributed by atoms with van der Waals surface area (Å²) in [6.07, 6.45) is 0. The van der Waals surface area contributed by atoms with Crippen molar-refractivity contribution in [3.05, 3.63) is 27.7 Å². The van der Waals surface area contributed by atoms with Gasteiger partial charge in [0.25, 0.3) is 0 Å². The number of nitrogens with zero attached hydrogens (tertiary/aromatic N) is 1. The maximum atomic E-state index is 12.2. The fourth-order valence-corrected chi connectivity index (χ4v) is 3.08. The molecule has 0 aromatic heterocycles. The highest BCUT2D eigenvalue weighted by Gasteiger charge is 2.34. The molecule has 0 heterocycles. The zero-order valence-electron chi connectivity index (χ0n) is 12.9. The largest absolute Gasteiger partial charge is 0.480 e. The Morgan fingerprint density at radius 2 is 1.86 bits per heavy atom. The molecule has 0 fully saturated rings. The van der Waals surface area contributed by atoms with E-state index in [9.17, 15) is 9.59 Å². The van der Waals surface area contributed by atoms with Gasteiger partial charge in [0.15, 0.2) is 0 Å². The smallest absolute Gasteiger partial charge is 0.329 e. The summed E-state index contributed by atoms with van der Waals surface area (Å²) in [5, 5.41) is 9.15. The van der Waals surface area contributed by atoms with Gasteiger partial charge in [-0.15, -0.1) is 11.8 Å². The van der Waals surface area contributed by atoms with Gasteiger partial charge in [0, 0.05) is 16.4 Å². The van der Waals surface area contributed by atoms with E-state index in [1.54, 1.807) is 0 Å². The molecule has 1 rings (SSSR count). The van der Waals surface area contributed by atoms with E-state index >= 15 is 0 Å². The van der Waals surface area contributed by atoms with Gasteiger partial charge in [0.2, 0.25) is 5.91 Å². The van der Waals surface area contributed by atoms with Crippen molar-refractivity contribution in [2.45, 2.75) is 38.1 Å². The molecule has 1 aromatic carbocycles. The zero-order valence-corrected chi connectivity index (χ0v) is 15.3. The molecule has 0 unspecified atom stereocenters. The predicted molar refractivity (Wildman–Crippen MR) is 88.8 cm³/mol. The number of benzene rings is 1. The van der Waals surface area contributed by atoms with Crippen LogP contribution < -0.4 is 0 Å². The number of likely N-dealkylation sites (N-methyl/N-ethyl adjacent to an activating group) is 1. The molecule has 1 N–H and O–H groups in total. The number of carbonyl (C=O) groups is 2. The number of hydrogen-bond donors (Lipinski definition) is 1. The van der Waals surface area contributed by atoms with Crippen LogP contribution in [0.4, 0.5) is 0 Å². The molecule has 1 aromatic rings. The lowest BCUT2D eigenvalue weighted by Gasteiger charge is -2.31. The summed E-state index contributed by atoms with van der Waals surface area (Å²) in [5.41, 5.74) is 0.989. The number of carboxylic acid groups (broad SMARTS) is 1. The molecular weight excluding hydrogens is 354 g/mol. The summed E-state index contributed by atoms with van der Waals surface area (Å²) in [4.78, 5) is 25.6. The molecular formula is C15H20BrNO3S. The summed E-state index contributed by atoms with van der Waals surface area (Å²) in [6, 6.07) is 4.05. The molecule has 0 radical (unpaired) electrons. The summed E-state index contributed by atoms with van der Waals surface area (Å²) in [7, 11) is 1.52. The van der Waals surface area contributed by atoms with E-state index in [-0.39, 0.29) is 11.7 Å². The highest BCUT2D eigenvalue weighted by atomic mass is 79.9. The summed E-state index contributed by atoms with van der Waals surface area (Å²) in [5.74, 6) is -0.999. The highest BCUT2D eigenvalue weighted by molar-refractivity contribution is 9.10. The van der Waals surface area contributed by atoms with Crippen LogP contribution in [-0.4, -0.2) is 40.2 Å². The van der Waals surface area contributed by atoms with Gasteiger partial charge in [0.1, 0.15) is 5.54 Å². The van der Waals surface area contributed by atoms with Crippen LogP contribution in [-0.2, 0) is 9.59 Å². The monoisotopic (exact) mass is 373 g/mol. The van der Waals surface area contributed by atoms with Gasteiger partial charge in [-0.3, -0.25) is 4.79 Å². The number of halogens is 1. The number of aliphatic carboxylic acids is 1. The summed E-state index contributed by atoms with van der Waals surface area (Å²) >= 11 is 4.90. The van der Waals surface area contributed by atoms with Crippen LogP contribution in [0, 0.1) is 13.8 Å². The fraction of sp³-hybridized carbons (Fsp3) is 0.467. The van der Waals surface area contributed by atoms with Crippen molar-refractivity contribution < 1.29 is 14.7 Å². The Hall–Kier alpha value is -1.01. The summed E-state index contributed by atoms with van der Waals surface area (Å²) < 4.78 is 1.04. The number of aryl methyl sites for hydroxylation is 2. The van der Waals surface area contributed by atoms with Crippen LogP contribution in [0.25, 0.3) is 0 Å². The predicted octanol–water partition coefficient (Wildman–Crippen LogP) is 3.48. The van der Waals surface area contributed by atoms with Gasteiger partial charge in [0.05, 0.1) is 5.75 Å². The molecule has 0 saturated carbocycles. The van der Waals surface area contributed by atoms with Crippen molar-refractivity contribution in [2.75, 3.05) is 12.8 Å².